The Morgan fingerprint density at radius 1 is 1.30 bits per heavy atom. The molecule has 7 heteroatoms. The van der Waals surface area contributed by atoms with Crippen molar-refractivity contribution in [3.8, 4) is 0 Å². The van der Waals surface area contributed by atoms with Crippen molar-refractivity contribution in [3.05, 3.63) is 0 Å². The van der Waals surface area contributed by atoms with Crippen molar-refractivity contribution in [1.82, 2.24) is 5.32 Å². The molecule has 0 aromatic rings. The Kier molecular flexibility index (Phi) is 5.36. The average molecular weight is 321 g/mol. The summed E-state index contributed by atoms with van der Waals surface area (Å²) in [5, 5.41) is 12.5. The number of rotatable bonds is 5. The lowest BCUT2D eigenvalue weighted by atomic mass is 9.82. The number of carbonyl (C=O) groups excluding carboxylic acids is 1. The minimum atomic E-state index is -2.88. The molecule has 1 atom stereocenters. The first-order valence-corrected chi connectivity index (χ1v) is 10.1. The predicted octanol–water partition coefficient (Wildman–Crippen LogP) is 0.718. The van der Waals surface area contributed by atoms with Crippen molar-refractivity contribution < 1.29 is 18.3 Å². The fourth-order valence-electron chi connectivity index (χ4n) is 2.97. The van der Waals surface area contributed by atoms with E-state index in [0.717, 1.165) is 32.1 Å². The second kappa shape index (κ2) is 6.66. The van der Waals surface area contributed by atoms with Crippen LogP contribution in [-0.2, 0) is 14.6 Å². The summed E-state index contributed by atoms with van der Waals surface area (Å²) >= 11 is 1.42. The van der Waals surface area contributed by atoms with Crippen LogP contribution >= 0.6 is 11.8 Å². The Labute approximate surface area is 124 Å². The van der Waals surface area contributed by atoms with Crippen LogP contribution in [0.5, 0.6) is 0 Å². The van der Waals surface area contributed by atoms with E-state index in [-0.39, 0.29) is 35.0 Å². The minimum absolute atomic E-state index is 0.0127. The highest BCUT2D eigenvalue weighted by molar-refractivity contribution is 8.02. The molecule has 1 aliphatic heterocycles. The topological polar surface area (TPSA) is 83.5 Å². The highest BCUT2D eigenvalue weighted by atomic mass is 32.2. The number of thioether (sulfide) groups is 1. The van der Waals surface area contributed by atoms with Crippen molar-refractivity contribution in [3.63, 3.8) is 0 Å². The van der Waals surface area contributed by atoms with Gasteiger partial charge in [-0.15, -0.1) is 11.8 Å². The van der Waals surface area contributed by atoms with Gasteiger partial charge >= 0.3 is 0 Å². The zero-order valence-corrected chi connectivity index (χ0v) is 13.3. The summed E-state index contributed by atoms with van der Waals surface area (Å²) < 4.78 is 22.7. The molecule has 1 heterocycles. The van der Waals surface area contributed by atoms with E-state index in [4.69, 9.17) is 0 Å². The maximum atomic E-state index is 12.0. The molecule has 2 fully saturated rings. The van der Waals surface area contributed by atoms with Crippen LogP contribution in [-0.4, -0.2) is 54.1 Å². The zero-order valence-electron chi connectivity index (χ0n) is 11.6. The first-order chi connectivity index (χ1) is 9.45. The van der Waals surface area contributed by atoms with E-state index in [2.05, 4.69) is 5.32 Å². The largest absolute Gasteiger partial charge is 0.394 e. The lowest BCUT2D eigenvalue weighted by Crippen LogP contribution is -2.53. The highest BCUT2D eigenvalue weighted by Gasteiger charge is 2.33. The second-order valence-electron chi connectivity index (χ2n) is 5.88. The molecule has 2 rings (SSSR count). The van der Waals surface area contributed by atoms with Gasteiger partial charge < -0.3 is 10.4 Å². The van der Waals surface area contributed by atoms with Crippen molar-refractivity contribution in [2.75, 3.05) is 23.9 Å². The third-order valence-electron chi connectivity index (χ3n) is 4.16. The summed E-state index contributed by atoms with van der Waals surface area (Å²) in [5.41, 5.74) is -0.447. The van der Waals surface area contributed by atoms with E-state index in [1.54, 1.807) is 0 Å². The van der Waals surface area contributed by atoms with Gasteiger partial charge in [0, 0.05) is 5.25 Å². The van der Waals surface area contributed by atoms with Crippen LogP contribution < -0.4 is 5.32 Å². The van der Waals surface area contributed by atoms with Crippen molar-refractivity contribution in [2.45, 2.75) is 49.3 Å². The van der Waals surface area contributed by atoms with Gasteiger partial charge in [0.05, 0.1) is 29.4 Å². The smallest absolute Gasteiger partial charge is 0.230 e. The third-order valence-corrected chi connectivity index (χ3v) is 7.44. The molecule has 0 bridgehead atoms. The van der Waals surface area contributed by atoms with Crippen LogP contribution in [0.1, 0.15) is 38.5 Å². The molecule has 0 aromatic carbocycles. The Hall–Kier alpha value is -0.270. The standard InChI is InChI=1S/C13H23NO4S2/c15-10-13(5-2-1-3-6-13)14-12(16)8-19-11-4-7-20(17,18)9-11/h11,15H,1-10H2,(H,14,16). The molecule has 0 aromatic heterocycles. The van der Waals surface area contributed by atoms with Gasteiger partial charge in [0.2, 0.25) is 5.91 Å². The van der Waals surface area contributed by atoms with Gasteiger partial charge in [0.25, 0.3) is 0 Å². The highest BCUT2D eigenvalue weighted by Crippen LogP contribution is 2.28. The van der Waals surface area contributed by atoms with Crippen molar-refractivity contribution in [2.24, 2.45) is 0 Å². The Morgan fingerprint density at radius 2 is 2.00 bits per heavy atom. The molecule has 20 heavy (non-hydrogen) atoms. The number of carbonyl (C=O) groups is 1. The van der Waals surface area contributed by atoms with Crippen LogP contribution in [0, 0.1) is 0 Å². The number of amides is 1. The minimum Gasteiger partial charge on any atom is -0.394 e. The molecule has 0 radical (unpaired) electrons. The number of aliphatic hydroxyl groups is 1. The van der Waals surface area contributed by atoms with E-state index in [1.165, 1.54) is 11.8 Å². The Balaban J connectivity index is 1.77. The maximum absolute atomic E-state index is 12.0. The van der Waals surface area contributed by atoms with Crippen LogP contribution in [0.4, 0.5) is 0 Å². The van der Waals surface area contributed by atoms with Gasteiger partial charge in [-0.3, -0.25) is 4.79 Å². The Morgan fingerprint density at radius 3 is 2.55 bits per heavy atom. The summed E-state index contributed by atoms with van der Waals surface area (Å²) in [6.07, 6.45) is 5.54. The van der Waals surface area contributed by atoms with E-state index in [0.29, 0.717) is 6.42 Å². The summed E-state index contributed by atoms with van der Waals surface area (Å²) in [6, 6.07) is 0. The molecule has 5 nitrogen and oxygen atoms in total. The van der Waals surface area contributed by atoms with Gasteiger partial charge in [-0.05, 0) is 19.3 Å². The van der Waals surface area contributed by atoms with Crippen LogP contribution in [0.3, 0.4) is 0 Å². The summed E-state index contributed by atoms with van der Waals surface area (Å²) in [4.78, 5) is 12.0. The first-order valence-electron chi connectivity index (χ1n) is 7.19. The van der Waals surface area contributed by atoms with Crippen LogP contribution in [0.15, 0.2) is 0 Å². The second-order valence-corrected chi connectivity index (χ2v) is 9.40. The SMILES string of the molecule is O=C(CSC1CCS(=O)(=O)C1)NC1(CO)CCCCC1. The number of nitrogens with one attached hydrogen (secondary N) is 1. The lowest BCUT2D eigenvalue weighted by Gasteiger charge is -2.36. The average Bonchev–Trinajstić information content (AvgIpc) is 2.77. The molecule has 1 unspecified atom stereocenters. The number of hydrogen-bond acceptors (Lipinski definition) is 5. The van der Waals surface area contributed by atoms with E-state index in [9.17, 15) is 18.3 Å². The van der Waals surface area contributed by atoms with E-state index in [1.807, 2.05) is 0 Å². The molecule has 1 saturated heterocycles. The fourth-order valence-corrected chi connectivity index (χ4v) is 6.41. The molecule has 0 spiro atoms. The molecular formula is C13H23NO4S2. The van der Waals surface area contributed by atoms with Crippen LogP contribution in [0.2, 0.25) is 0 Å². The van der Waals surface area contributed by atoms with Gasteiger partial charge in [-0.25, -0.2) is 8.42 Å². The van der Waals surface area contributed by atoms with E-state index >= 15 is 0 Å². The van der Waals surface area contributed by atoms with Gasteiger partial charge in [0.15, 0.2) is 9.84 Å². The number of hydrogen-bond donors (Lipinski definition) is 2. The van der Waals surface area contributed by atoms with Crippen LogP contribution in [0.25, 0.3) is 0 Å². The maximum Gasteiger partial charge on any atom is 0.230 e. The molecule has 2 N–H and O–H groups in total. The molecule has 116 valence electrons. The molecule has 1 saturated carbocycles. The number of sulfone groups is 1. The molecular weight excluding hydrogens is 298 g/mol. The quantitative estimate of drug-likeness (QED) is 0.779. The van der Waals surface area contributed by atoms with Gasteiger partial charge in [-0.2, -0.15) is 0 Å². The normalized spacial score (nSPS) is 28.1. The zero-order chi connectivity index (χ0) is 14.6. The molecule has 1 amide bonds. The van der Waals surface area contributed by atoms with Gasteiger partial charge in [-0.1, -0.05) is 19.3 Å². The molecule has 1 aliphatic carbocycles. The first kappa shape index (κ1) is 16.1. The number of aliphatic hydroxyl groups excluding tert-OH is 1. The predicted molar refractivity (Wildman–Crippen MR) is 80.6 cm³/mol. The van der Waals surface area contributed by atoms with E-state index < -0.39 is 15.4 Å². The monoisotopic (exact) mass is 321 g/mol. The van der Waals surface area contributed by atoms with Gasteiger partial charge in [0.1, 0.15) is 0 Å². The summed E-state index contributed by atoms with van der Waals surface area (Å²) in [5.74, 6) is 0.625. The lowest BCUT2D eigenvalue weighted by molar-refractivity contribution is -0.121. The fraction of sp³-hybridized carbons (Fsp3) is 0.923. The molecule has 2 aliphatic rings. The summed E-state index contributed by atoms with van der Waals surface area (Å²) in [6.45, 7) is -0.0127. The Bertz CT molecular complexity index is 443. The third kappa shape index (κ3) is 4.36. The van der Waals surface area contributed by atoms with Crippen molar-refractivity contribution in [1.29, 1.82) is 0 Å². The summed E-state index contributed by atoms with van der Waals surface area (Å²) in [7, 11) is -2.88. The van der Waals surface area contributed by atoms with Crippen molar-refractivity contribution >= 4 is 27.5 Å².